The summed E-state index contributed by atoms with van der Waals surface area (Å²) in [7, 11) is 1.63. The highest BCUT2D eigenvalue weighted by Gasteiger charge is 2.41. The van der Waals surface area contributed by atoms with Crippen LogP contribution in [0, 0.1) is 23.7 Å². The van der Waals surface area contributed by atoms with Gasteiger partial charge in [-0.2, -0.15) is 0 Å². The number of nitrogens with one attached hydrogen (secondary N) is 1. The minimum Gasteiger partial charge on any atom is -0.493 e. The van der Waals surface area contributed by atoms with Crippen molar-refractivity contribution in [3.63, 3.8) is 0 Å². The minimum atomic E-state index is -0.127. The number of Topliss-reactive ketones (excluding diaryl/α,β-unsaturated/α-hetero) is 1. The fourth-order valence-electron chi connectivity index (χ4n) is 4.44. The van der Waals surface area contributed by atoms with E-state index in [9.17, 15) is 9.59 Å². The van der Waals surface area contributed by atoms with Gasteiger partial charge in [-0.25, -0.2) is 0 Å². The largest absolute Gasteiger partial charge is 0.493 e. The molecular weight excluding hydrogens is 354 g/mol. The average molecular weight is 388 g/mol. The average Bonchev–Trinajstić information content (AvgIpc) is 2.65. The molecule has 5 heteroatoms. The van der Waals surface area contributed by atoms with Crippen molar-refractivity contribution in [1.82, 2.24) is 5.32 Å². The van der Waals surface area contributed by atoms with Gasteiger partial charge in [0.2, 0.25) is 5.91 Å². The van der Waals surface area contributed by atoms with E-state index in [1.54, 1.807) is 7.11 Å². The lowest BCUT2D eigenvalue weighted by Crippen LogP contribution is -2.43. The summed E-state index contributed by atoms with van der Waals surface area (Å²) in [4.78, 5) is 25.1. The number of carbonyl (C=O) groups is 2. The summed E-state index contributed by atoms with van der Waals surface area (Å²) in [5.41, 5.74) is 0.981. The number of amides is 1. The first-order valence-corrected chi connectivity index (χ1v) is 10.5. The number of carbonyl (C=O) groups excluding carboxylic acids is 2. The third-order valence-electron chi connectivity index (χ3n) is 6.04. The maximum atomic E-state index is 12.8. The molecule has 0 saturated heterocycles. The Morgan fingerprint density at radius 2 is 1.82 bits per heavy atom. The molecule has 2 fully saturated rings. The quantitative estimate of drug-likeness (QED) is 0.757. The van der Waals surface area contributed by atoms with E-state index in [0.29, 0.717) is 36.9 Å². The second-order valence-electron chi connectivity index (χ2n) is 8.74. The number of hydrogen-bond donors (Lipinski definition) is 1. The number of ether oxygens (including phenoxy) is 2. The van der Waals surface area contributed by atoms with Gasteiger partial charge in [0.25, 0.3) is 0 Å². The maximum Gasteiger partial charge on any atom is 0.223 e. The second-order valence-corrected chi connectivity index (χ2v) is 8.74. The summed E-state index contributed by atoms with van der Waals surface area (Å²) in [5, 5.41) is 3.14. The summed E-state index contributed by atoms with van der Waals surface area (Å²) in [5.74, 6) is 2.43. The number of methoxy groups -OCH3 is 1. The van der Waals surface area contributed by atoms with Crippen molar-refractivity contribution in [1.29, 1.82) is 0 Å². The molecule has 1 amide bonds. The zero-order valence-electron chi connectivity index (χ0n) is 17.5. The van der Waals surface area contributed by atoms with E-state index in [-0.39, 0.29) is 29.7 Å². The van der Waals surface area contributed by atoms with Gasteiger partial charge in [-0.3, -0.25) is 9.59 Å². The van der Waals surface area contributed by atoms with Crippen molar-refractivity contribution < 1.29 is 19.1 Å². The first-order chi connectivity index (χ1) is 13.4. The summed E-state index contributed by atoms with van der Waals surface area (Å²) >= 11 is 0. The molecule has 28 heavy (non-hydrogen) atoms. The van der Waals surface area contributed by atoms with Crippen molar-refractivity contribution in [3.05, 3.63) is 23.8 Å². The van der Waals surface area contributed by atoms with Crippen molar-refractivity contribution in [2.75, 3.05) is 13.7 Å². The second kappa shape index (κ2) is 8.97. The van der Waals surface area contributed by atoms with Crippen LogP contribution in [-0.4, -0.2) is 25.4 Å². The first-order valence-electron chi connectivity index (χ1n) is 10.5. The molecule has 0 heterocycles. The number of rotatable bonds is 7. The molecule has 2 aliphatic carbocycles. The predicted octanol–water partition coefficient (Wildman–Crippen LogP) is 4.30. The first kappa shape index (κ1) is 20.7. The Balaban J connectivity index is 1.63. The lowest BCUT2D eigenvalue weighted by molar-refractivity contribution is -0.137. The minimum absolute atomic E-state index is 0.0500. The highest BCUT2D eigenvalue weighted by Crippen LogP contribution is 2.40. The van der Waals surface area contributed by atoms with Gasteiger partial charge >= 0.3 is 0 Å². The number of ketones is 1. The van der Waals surface area contributed by atoms with Crippen LogP contribution in [0.2, 0.25) is 0 Å². The topological polar surface area (TPSA) is 64.6 Å². The predicted molar refractivity (Wildman–Crippen MR) is 108 cm³/mol. The normalized spacial score (nSPS) is 25.3. The van der Waals surface area contributed by atoms with Crippen molar-refractivity contribution in [2.24, 2.45) is 23.7 Å². The summed E-state index contributed by atoms with van der Waals surface area (Å²) < 4.78 is 11.3. The standard InChI is InChI=1S/C23H33NO4/c1-14(2)13-28-20-9-8-16(12-21(20)27-4)15(3)24-23(26)19-10-17-6-5-7-18(11-19)22(17)25/h8-9,12,14-15,17-19H,5-7,10-11,13H2,1-4H3,(H,24,26). The zero-order chi connectivity index (χ0) is 20.3. The number of benzene rings is 1. The van der Waals surface area contributed by atoms with Crippen molar-refractivity contribution in [3.8, 4) is 11.5 Å². The molecule has 1 aromatic rings. The van der Waals surface area contributed by atoms with Gasteiger partial charge in [0.15, 0.2) is 11.5 Å². The van der Waals surface area contributed by atoms with Crippen molar-refractivity contribution in [2.45, 2.75) is 58.9 Å². The van der Waals surface area contributed by atoms with Gasteiger partial charge in [0, 0.05) is 17.8 Å². The molecular formula is C23H33NO4. The van der Waals surface area contributed by atoms with E-state index in [0.717, 1.165) is 30.6 Å². The van der Waals surface area contributed by atoms with E-state index >= 15 is 0 Å². The third-order valence-corrected chi connectivity index (χ3v) is 6.04. The van der Waals surface area contributed by atoms with Gasteiger partial charge in [-0.15, -0.1) is 0 Å². The summed E-state index contributed by atoms with van der Waals surface area (Å²) in [6, 6.07) is 5.68. The number of hydrogen-bond acceptors (Lipinski definition) is 4. The molecule has 0 radical (unpaired) electrons. The fraction of sp³-hybridized carbons (Fsp3) is 0.652. The molecule has 2 saturated carbocycles. The molecule has 3 rings (SSSR count). The van der Waals surface area contributed by atoms with Gasteiger partial charge in [0.05, 0.1) is 19.8 Å². The zero-order valence-corrected chi connectivity index (χ0v) is 17.5. The third kappa shape index (κ3) is 4.68. The van der Waals surface area contributed by atoms with E-state index in [1.807, 2.05) is 25.1 Å². The SMILES string of the molecule is COc1cc(C(C)NC(=O)C2CC3CCCC(C2)C3=O)ccc1OCC(C)C. The van der Waals surface area contributed by atoms with Gasteiger partial charge in [-0.1, -0.05) is 26.3 Å². The Bertz CT molecular complexity index is 699. The van der Waals surface area contributed by atoms with Crippen LogP contribution in [0.25, 0.3) is 0 Å². The lowest BCUT2D eigenvalue weighted by atomic mass is 9.67. The van der Waals surface area contributed by atoms with E-state index in [4.69, 9.17) is 9.47 Å². The molecule has 0 spiro atoms. The van der Waals surface area contributed by atoms with Crippen LogP contribution in [0.15, 0.2) is 18.2 Å². The van der Waals surface area contributed by atoms with Crippen LogP contribution >= 0.6 is 0 Å². The van der Waals surface area contributed by atoms with E-state index in [2.05, 4.69) is 19.2 Å². The molecule has 2 aliphatic rings. The Morgan fingerprint density at radius 3 is 2.43 bits per heavy atom. The Morgan fingerprint density at radius 1 is 1.14 bits per heavy atom. The van der Waals surface area contributed by atoms with Crippen LogP contribution in [0.3, 0.4) is 0 Å². The van der Waals surface area contributed by atoms with Crippen LogP contribution in [0.1, 0.15) is 64.5 Å². The van der Waals surface area contributed by atoms with Crippen LogP contribution in [-0.2, 0) is 9.59 Å². The Kier molecular flexibility index (Phi) is 6.63. The molecule has 3 atom stereocenters. The highest BCUT2D eigenvalue weighted by atomic mass is 16.5. The van der Waals surface area contributed by atoms with Gasteiger partial charge < -0.3 is 14.8 Å². The van der Waals surface area contributed by atoms with Crippen LogP contribution < -0.4 is 14.8 Å². The van der Waals surface area contributed by atoms with E-state index in [1.165, 1.54) is 0 Å². The van der Waals surface area contributed by atoms with Crippen LogP contribution in [0.4, 0.5) is 0 Å². The molecule has 2 bridgehead atoms. The van der Waals surface area contributed by atoms with Crippen LogP contribution in [0.5, 0.6) is 11.5 Å². The van der Waals surface area contributed by atoms with Gasteiger partial charge in [-0.05, 0) is 56.2 Å². The molecule has 0 aliphatic heterocycles. The summed E-state index contributed by atoms with van der Waals surface area (Å²) in [6.07, 6.45) is 4.43. The molecule has 1 aromatic carbocycles. The molecule has 0 aromatic heterocycles. The molecule has 5 nitrogen and oxygen atoms in total. The lowest BCUT2D eigenvalue weighted by Gasteiger charge is -2.37. The monoisotopic (exact) mass is 387 g/mol. The molecule has 3 unspecified atom stereocenters. The maximum absolute atomic E-state index is 12.8. The summed E-state index contributed by atoms with van der Waals surface area (Å²) in [6.45, 7) is 6.82. The Hall–Kier alpha value is -2.04. The molecule has 1 N–H and O–H groups in total. The number of fused-ring (bicyclic) bond motifs is 2. The van der Waals surface area contributed by atoms with Gasteiger partial charge in [0.1, 0.15) is 5.78 Å². The highest BCUT2D eigenvalue weighted by molar-refractivity contribution is 5.88. The smallest absolute Gasteiger partial charge is 0.223 e. The molecule has 154 valence electrons. The Labute approximate surface area is 168 Å². The van der Waals surface area contributed by atoms with E-state index < -0.39 is 0 Å². The fourth-order valence-corrected chi connectivity index (χ4v) is 4.44. The van der Waals surface area contributed by atoms with Crippen molar-refractivity contribution >= 4 is 11.7 Å².